The average molecular weight is 259 g/mol. The zero-order chi connectivity index (χ0) is 14.0. The largest absolute Gasteiger partial charge is 0.481 e. The van der Waals surface area contributed by atoms with Crippen molar-refractivity contribution < 1.29 is 9.90 Å². The summed E-state index contributed by atoms with van der Waals surface area (Å²) in [4.78, 5) is 17.8. The summed E-state index contributed by atoms with van der Waals surface area (Å²) >= 11 is 0. The van der Waals surface area contributed by atoms with Crippen LogP contribution in [-0.4, -0.2) is 29.1 Å². The topological polar surface area (TPSA) is 77.2 Å². The smallest absolute Gasteiger partial charge is 0.311 e. The molecule has 5 nitrogen and oxygen atoms in total. The Hall–Kier alpha value is -2.09. The fraction of sp³-hybridized carbons (Fsp3) is 0.500. The van der Waals surface area contributed by atoms with Crippen molar-refractivity contribution in [2.45, 2.75) is 20.3 Å². The molecular formula is C14H17N3O2. The lowest BCUT2D eigenvalue weighted by Gasteiger charge is -2.28. The normalized spacial score (nSPS) is 22.5. The molecule has 0 amide bonds. The van der Waals surface area contributed by atoms with Crippen LogP contribution in [0.2, 0.25) is 0 Å². The number of aromatic nitrogens is 1. The maximum Gasteiger partial charge on any atom is 0.311 e. The Morgan fingerprint density at radius 3 is 2.74 bits per heavy atom. The molecule has 0 aromatic carbocycles. The maximum absolute atomic E-state index is 11.6. The van der Waals surface area contributed by atoms with Gasteiger partial charge in [-0.05, 0) is 24.5 Å². The number of nitriles is 1. The predicted octanol–water partition coefficient (Wildman–Crippen LogP) is 1.89. The highest BCUT2D eigenvalue weighted by molar-refractivity contribution is 5.77. The quantitative estimate of drug-likeness (QED) is 0.897. The molecule has 1 fully saturated rings. The number of nitrogens with zero attached hydrogens (tertiary/aromatic N) is 3. The number of anilines is 1. The van der Waals surface area contributed by atoms with Crippen LogP contribution in [0.1, 0.15) is 25.8 Å². The predicted molar refractivity (Wildman–Crippen MR) is 70.7 cm³/mol. The Kier molecular flexibility index (Phi) is 3.43. The number of carbonyl (C=O) groups is 1. The van der Waals surface area contributed by atoms with E-state index in [4.69, 9.17) is 5.26 Å². The van der Waals surface area contributed by atoms with Crippen LogP contribution in [0.3, 0.4) is 0 Å². The van der Waals surface area contributed by atoms with Crippen molar-refractivity contribution in [1.82, 2.24) is 4.98 Å². The number of aliphatic carboxylic acids is 1. The minimum atomic E-state index is -0.737. The first kappa shape index (κ1) is 13.3. The van der Waals surface area contributed by atoms with E-state index in [9.17, 15) is 9.90 Å². The molecule has 0 saturated carbocycles. The third-order valence-corrected chi connectivity index (χ3v) is 4.03. The Morgan fingerprint density at radius 2 is 2.32 bits per heavy atom. The molecule has 1 aliphatic rings. The summed E-state index contributed by atoms with van der Waals surface area (Å²) in [5.41, 5.74) is -0.188. The monoisotopic (exact) mass is 259 g/mol. The van der Waals surface area contributed by atoms with E-state index in [-0.39, 0.29) is 5.92 Å². The second kappa shape index (κ2) is 4.88. The molecule has 1 saturated heterocycles. The second-order valence-corrected chi connectivity index (χ2v) is 5.30. The fourth-order valence-electron chi connectivity index (χ4n) is 2.56. The van der Waals surface area contributed by atoms with E-state index in [0.29, 0.717) is 25.1 Å². The zero-order valence-electron chi connectivity index (χ0n) is 11.1. The van der Waals surface area contributed by atoms with Gasteiger partial charge in [0.1, 0.15) is 11.9 Å². The standard InChI is InChI=1S/C14H17N3O2/c1-10(2)14(13(18)19)5-6-17(9-14)12-4-3-11(7-15)8-16-12/h3-4,8,10H,5-6,9H2,1-2H3,(H,18,19). The molecule has 0 aliphatic carbocycles. The molecule has 1 N–H and O–H groups in total. The summed E-state index contributed by atoms with van der Waals surface area (Å²) in [6, 6.07) is 5.50. The van der Waals surface area contributed by atoms with E-state index < -0.39 is 11.4 Å². The molecule has 1 aromatic heterocycles. The van der Waals surface area contributed by atoms with Crippen molar-refractivity contribution >= 4 is 11.8 Å². The summed E-state index contributed by atoms with van der Waals surface area (Å²) in [5, 5.41) is 18.2. The first-order valence-electron chi connectivity index (χ1n) is 6.34. The lowest BCUT2D eigenvalue weighted by Crippen LogP contribution is -2.39. The van der Waals surface area contributed by atoms with Gasteiger partial charge in [-0.1, -0.05) is 13.8 Å². The fourth-order valence-corrected chi connectivity index (χ4v) is 2.56. The number of carboxylic acids is 1. The molecule has 2 heterocycles. The van der Waals surface area contributed by atoms with Crippen LogP contribution < -0.4 is 4.90 Å². The number of hydrogen-bond acceptors (Lipinski definition) is 4. The molecule has 0 bridgehead atoms. The number of rotatable bonds is 3. The minimum Gasteiger partial charge on any atom is -0.481 e. The third kappa shape index (κ3) is 2.26. The SMILES string of the molecule is CC(C)C1(C(=O)O)CCN(c2ccc(C#N)cn2)C1. The van der Waals surface area contributed by atoms with Crippen LogP contribution >= 0.6 is 0 Å². The van der Waals surface area contributed by atoms with Gasteiger partial charge in [0.05, 0.1) is 11.0 Å². The van der Waals surface area contributed by atoms with Crippen molar-refractivity contribution in [1.29, 1.82) is 5.26 Å². The summed E-state index contributed by atoms with van der Waals surface area (Å²) in [7, 11) is 0. The molecule has 2 rings (SSSR count). The lowest BCUT2D eigenvalue weighted by atomic mass is 9.76. The van der Waals surface area contributed by atoms with Crippen molar-refractivity contribution in [3.63, 3.8) is 0 Å². The molecule has 19 heavy (non-hydrogen) atoms. The van der Waals surface area contributed by atoms with Gasteiger partial charge in [-0.2, -0.15) is 5.26 Å². The third-order valence-electron chi connectivity index (χ3n) is 4.03. The van der Waals surface area contributed by atoms with E-state index in [2.05, 4.69) is 4.98 Å². The number of carboxylic acid groups (broad SMARTS) is 1. The molecule has 0 radical (unpaired) electrons. The highest BCUT2D eigenvalue weighted by atomic mass is 16.4. The zero-order valence-corrected chi connectivity index (χ0v) is 11.1. The van der Waals surface area contributed by atoms with Gasteiger partial charge in [0.15, 0.2) is 0 Å². The van der Waals surface area contributed by atoms with Gasteiger partial charge in [0.2, 0.25) is 0 Å². The lowest BCUT2D eigenvalue weighted by molar-refractivity contribution is -0.150. The van der Waals surface area contributed by atoms with E-state index in [1.165, 1.54) is 6.20 Å². The Bertz CT molecular complexity index is 518. The summed E-state index contributed by atoms with van der Waals surface area (Å²) in [6.45, 7) is 5.05. The summed E-state index contributed by atoms with van der Waals surface area (Å²) in [5.74, 6) is 0.0785. The molecule has 100 valence electrons. The molecule has 1 atom stereocenters. The Morgan fingerprint density at radius 1 is 1.58 bits per heavy atom. The molecular weight excluding hydrogens is 242 g/mol. The summed E-state index contributed by atoms with van der Waals surface area (Å²) < 4.78 is 0. The first-order chi connectivity index (χ1) is 8.99. The molecule has 1 aliphatic heterocycles. The Balaban J connectivity index is 2.21. The van der Waals surface area contributed by atoms with Crippen LogP contribution in [0.5, 0.6) is 0 Å². The maximum atomic E-state index is 11.6. The van der Waals surface area contributed by atoms with Gasteiger partial charge in [-0.25, -0.2) is 4.98 Å². The Labute approximate surface area is 112 Å². The van der Waals surface area contributed by atoms with Crippen LogP contribution in [0.15, 0.2) is 18.3 Å². The second-order valence-electron chi connectivity index (χ2n) is 5.30. The molecule has 0 spiro atoms. The van der Waals surface area contributed by atoms with Gasteiger partial charge >= 0.3 is 5.97 Å². The number of hydrogen-bond donors (Lipinski definition) is 1. The first-order valence-corrected chi connectivity index (χ1v) is 6.34. The minimum absolute atomic E-state index is 0.0772. The van der Waals surface area contributed by atoms with Gasteiger partial charge < -0.3 is 10.0 Å². The van der Waals surface area contributed by atoms with Gasteiger partial charge in [-0.3, -0.25) is 4.79 Å². The van der Waals surface area contributed by atoms with E-state index >= 15 is 0 Å². The van der Waals surface area contributed by atoms with Crippen molar-refractivity contribution in [3.8, 4) is 6.07 Å². The highest BCUT2D eigenvalue weighted by Crippen LogP contribution is 2.39. The van der Waals surface area contributed by atoms with E-state index in [0.717, 1.165) is 5.82 Å². The van der Waals surface area contributed by atoms with Crippen molar-refractivity contribution in [2.75, 3.05) is 18.0 Å². The van der Waals surface area contributed by atoms with Gasteiger partial charge in [0.25, 0.3) is 0 Å². The molecule has 1 unspecified atom stereocenters. The molecule has 1 aromatic rings. The van der Waals surface area contributed by atoms with E-state index in [1.807, 2.05) is 24.8 Å². The van der Waals surface area contributed by atoms with Crippen LogP contribution in [0.4, 0.5) is 5.82 Å². The molecule has 5 heteroatoms. The van der Waals surface area contributed by atoms with E-state index in [1.54, 1.807) is 12.1 Å². The summed E-state index contributed by atoms with van der Waals surface area (Å²) in [6.07, 6.45) is 2.15. The van der Waals surface area contributed by atoms with Crippen LogP contribution in [-0.2, 0) is 4.79 Å². The van der Waals surface area contributed by atoms with Crippen LogP contribution in [0, 0.1) is 22.7 Å². The average Bonchev–Trinajstić information content (AvgIpc) is 2.85. The van der Waals surface area contributed by atoms with Crippen molar-refractivity contribution in [3.05, 3.63) is 23.9 Å². The van der Waals surface area contributed by atoms with Crippen LogP contribution in [0.25, 0.3) is 0 Å². The highest BCUT2D eigenvalue weighted by Gasteiger charge is 2.47. The van der Waals surface area contributed by atoms with Crippen molar-refractivity contribution in [2.24, 2.45) is 11.3 Å². The number of pyridine rings is 1. The van der Waals surface area contributed by atoms with Gasteiger partial charge in [-0.15, -0.1) is 0 Å². The van der Waals surface area contributed by atoms with Gasteiger partial charge in [0, 0.05) is 19.3 Å².